The number of Topliss-reactive ketones (excluding diaryl/α,β-unsaturated/α-hetero) is 1. The summed E-state index contributed by atoms with van der Waals surface area (Å²) in [6.45, 7) is 0. The van der Waals surface area contributed by atoms with Crippen LogP contribution in [0.1, 0.15) is 21.5 Å². The van der Waals surface area contributed by atoms with E-state index in [1.807, 2.05) is 36.4 Å². The number of benzene rings is 5. The predicted octanol–water partition coefficient (Wildman–Crippen LogP) is 9.13. The molecule has 0 atom stereocenters. The molecule has 0 spiro atoms. The summed E-state index contributed by atoms with van der Waals surface area (Å²) in [7, 11) is 0. The van der Waals surface area contributed by atoms with Gasteiger partial charge in [0.25, 0.3) is 11.8 Å². The number of nitrogens with one attached hydrogen (secondary N) is 3. The SMILES string of the molecule is O=C(Nc1cccc2ccccc12)C1=Cc2ccccc2/C(=N/Nc2cc(C(=O)Nc3cc(Cl)c(Cl)cc3Cl)ccc2Cl)C1=O. The Morgan fingerprint density at radius 1 is 0.622 bits per heavy atom. The molecule has 0 fully saturated rings. The number of rotatable bonds is 6. The summed E-state index contributed by atoms with van der Waals surface area (Å²) in [5.41, 5.74) is 5.20. The molecule has 3 N–H and O–H groups in total. The zero-order chi connectivity index (χ0) is 31.7. The van der Waals surface area contributed by atoms with E-state index in [4.69, 9.17) is 46.4 Å². The average Bonchev–Trinajstić information content (AvgIpc) is 3.03. The molecule has 5 aromatic carbocycles. The van der Waals surface area contributed by atoms with Gasteiger partial charge in [0.05, 0.1) is 37.0 Å². The second kappa shape index (κ2) is 12.8. The minimum atomic E-state index is -0.585. The lowest BCUT2D eigenvalue weighted by Crippen LogP contribution is -2.30. The van der Waals surface area contributed by atoms with Crippen LogP contribution in [-0.2, 0) is 9.59 Å². The van der Waals surface area contributed by atoms with Crippen molar-refractivity contribution in [3.8, 4) is 0 Å². The summed E-state index contributed by atoms with van der Waals surface area (Å²) in [6.07, 6.45) is 1.54. The number of halogens is 4. The highest BCUT2D eigenvalue weighted by Gasteiger charge is 2.30. The Balaban J connectivity index is 1.28. The topological polar surface area (TPSA) is 99.7 Å². The molecule has 0 aliphatic heterocycles. The summed E-state index contributed by atoms with van der Waals surface area (Å²) < 4.78 is 0. The molecule has 1 aliphatic rings. The van der Waals surface area contributed by atoms with Gasteiger partial charge in [0, 0.05) is 22.2 Å². The highest BCUT2D eigenvalue weighted by Crippen LogP contribution is 2.33. The Bertz CT molecular complexity index is 2100. The maximum atomic E-state index is 13.7. The molecule has 222 valence electrons. The molecule has 45 heavy (non-hydrogen) atoms. The van der Waals surface area contributed by atoms with Crippen molar-refractivity contribution in [1.29, 1.82) is 0 Å². The molecular weight excluding hydrogens is 654 g/mol. The van der Waals surface area contributed by atoms with Crippen LogP contribution in [-0.4, -0.2) is 23.3 Å². The van der Waals surface area contributed by atoms with Gasteiger partial charge in [0.2, 0.25) is 5.78 Å². The van der Waals surface area contributed by atoms with E-state index >= 15 is 0 Å². The molecule has 1 aliphatic carbocycles. The Morgan fingerprint density at radius 2 is 1.33 bits per heavy atom. The molecule has 0 saturated carbocycles. The van der Waals surface area contributed by atoms with Crippen LogP contribution >= 0.6 is 46.4 Å². The molecule has 0 heterocycles. The number of hydrogen-bond acceptors (Lipinski definition) is 5. The fourth-order valence-electron chi connectivity index (χ4n) is 4.79. The minimum absolute atomic E-state index is 0.00433. The molecule has 6 rings (SSSR count). The van der Waals surface area contributed by atoms with E-state index in [2.05, 4.69) is 21.2 Å². The fourth-order valence-corrected chi connectivity index (χ4v) is 5.55. The van der Waals surface area contributed by atoms with Gasteiger partial charge in [0.1, 0.15) is 5.71 Å². The van der Waals surface area contributed by atoms with E-state index in [-0.39, 0.29) is 48.3 Å². The quantitative estimate of drug-likeness (QED) is 0.0951. The number of fused-ring (bicyclic) bond motifs is 2. The van der Waals surface area contributed by atoms with Crippen LogP contribution < -0.4 is 16.1 Å². The van der Waals surface area contributed by atoms with Gasteiger partial charge < -0.3 is 10.6 Å². The zero-order valence-electron chi connectivity index (χ0n) is 23.0. The first-order chi connectivity index (χ1) is 21.7. The molecule has 7 nitrogen and oxygen atoms in total. The molecule has 2 amide bonds. The van der Waals surface area contributed by atoms with E-state index < -0.39 is 17.6 Å². The Morgan fingerprint density at radius 3 is 2.18 bits per heavy atom. The number of carbonyl (C=O) groups excluding carboxylic acids is 3. The van der Waals surface area contributed by atoms with Crippen LogP contribution in [0.5, 0.6) is 0 Å². The van der Waals surface area contributed by atoms with Gasteiger partial charge in [-0.25, -0.2) is 0 Å². The maximum absolute atomic E-state index is 13.7. The van der Waals surface area contributed by atoms with Crippen LogP contribution in [0.4, 0.5) is 17.1 Å². The van der Waals surface area contributed by atoms with E-state index in [0.717, 1.165) is 10.8 Å². The second-order valence-corrected chi connectivity index (χ2v) is 11.6. The summed E-state index contributed by atoms with van der Waals surface area (Å²) in [5, 5.41) is 12.6. The first-order valence-corrected chi connectivity index (χ1v) is 14.9. The van der Waals surface area contributed by atoms with Gasteiger partial charge in [0.15, 0.2) is 0 Å². The number of ketones is 1. The smallest absolute Gasteiger partial charge is 0.259 e. The van der Waals surface area contributed by atoms with Crippen LogP contribution in [0.25, 0.3) is 16.8 Å². The van der Waals surface area contributed by atoms with Gasteiger partial charge in [-0.3, -0.25) is 19.8 Å². The van der Waals surface area contributed by atoms with Crippen molar-refractivity contribution in [3.05, 3.63) is 139 Å². The third kappa shape index (κ3) is 6.30. The van der Waals surface area contributed by atoms with Gasteiger partial charge >= 0.3 is 0 Å². The van der Waals surface area contributed by atoms with Crippen molar-refractivity contribution < 1.29 is 14.4 Å². The maximum Gasteiger partial charge on any atom is 0.259 e. The van der Waals surface area contributed by atoms with Crippen LogP contribution in [0.2, 0.25) is 20.1 Å². The van der Waals surface area contributed by atoms with Crippen molar-refractivity contribution in [2.75, 3.05) is 16.1 Å². The van der Waals surface area contributed by atoms with Crippen LogP contribution in [0, 0.1) is 0 Å². The average molecular weight is 674 g/mol. The molecular formula is C34H20Cl4N4O3. The van der Waals surface area contributed by atoms with Gasteiger partial charge in [-0.15, -0.1) is 0 Å². The molecule has 0 aromatic heterocycles. The predicted molar refractivity (Wildman–Crippen MR) is 183 cm³/mol. The highest BCUT2D eigenvalue weighted by molar-refractivity contribution is 6.59. The monoisotopic (exact) mass is 672 g/mol. The highest BCUT2D eigenvalue weighted by atomic mass is 35.5. The number of amides is 2. The fraction of sp³-hybridized carbons (Fsp3) is 0. The van der Waals surface area contributed by atoms with Crippen molar-refractivity contribution in [1.82, 2.24) is 0 Å². The van der Waals surface area contributed by atoms with Gasteiger partial charge in [-0.1, -0.05) is 107 Å². The van der Waals surface area contributed by atoms with E-state index in [1.165, 1.54) is 30.3 Å². The largest absolute Gasteiger partial charge is 0.321 e. The summed E-state index contributed by atoms with van der Waals surface area (Å²) in [5.74, 6) is -1.66. The third-order valence-corrected chi connectivity index (χ3v) is 8.40. The molecule has 0 radical (unpaired) electrons. The van der Waals surface area contributed by atoms with Crippen molar-refractivity contribution in [2.24, 2.45) is 5.10 Å². The zero-order valence-corrected chi connectivity index (χ0v) is 26.0. The van der Waals surface area contributed by atoms with E-state index in [0.29, 0.717) is 16.8 Å². The standard InChI is InChI=1S/C34H20Cl4N4O3/c35-24-13-12-20(33(44)40-29-17-26(37)25(36)16-27(29)38)15-30(24)41-42-31-22-10-4-2-7-19(22)14-23(32(31)43)34(45)39-28-11-5-8-18-6-1-3-9-21(18)28/h1-17,41H,(H,39,45)(H,40,44)/b42-31-. The lowest BCUT2D eigenvalue weighted by Gasteiger charge is -2.18. The van der Waals surface area contributed by atoms with Gasteiger partial charge in [-0.05, 0) is 53.4 Å². The van der Waals surface area contributed by atoms with E-state index in [9.17, 15) is 14.4 Å². The number of hydrogen-bond donors (Lipinski definition) is 3. The molecule has 5 aromatic rings. The van der Waals surface area contributed by atoms with Gasteiger partial charge in [-0.2, -0.15) is 5.10 Å². The van der Waals surface area contributed by atoms with Crippen molar-refractivity contribution in [2.45, 2.75) is 0 Å². The number of carbonyl (C=O) groups is 3. The normalized spacial score (nSPS) is 13.3. The second-order valence-electron chi connectivity index (χ2n) is 9.92. The minimum Gasteiger partial charge on any atom is -0.321 e. The number of nitrogens with zero attached hydrogens (tertiary/aromatic N) is 1. The van der Waals surface area contributed by atoms with Crippen molar-refractivity contribution in [3.63, 3.8) is 0 Å². The Kier molecular flexibility index (Phi) is 8.61. The van der Waals surface area contributed by atoms with Crippen molar-refractivity contribution >= 4 is 104 Å². The summed E-state index contributed by atoms with van der Waals surface area (Å²) in [4.78, 5) is 40.2. The third-order valence-electron chi connectivity index (χ3n) is 7.03. The Hall–Kier alpha value is -4.66. The Labute approximate surface area is 277 Å². The lowest BCUT2D eigenvalue weighted by atomic mass is 9.89. The first-order valence-electron chi connectivity index (χ1n) is 13.4. The summed E-state index contributed by atoms with van der Waals surface area (Å²) >= 11 is 24.7. The number of anilines is 3. The summed E-state index contributed by atoms with van der Waals surface area (Å²) in [6, 6.07) is 27.6. The molecule has 0 bridgehead atoms. The first kappa shape index (κ1) is 30.4. The van der Waals surface area contributed by atoms with E-state index in [1.54, 1.807) is 36.4 Å². The molecule has 0 saturated heterocycles. The lowest BCUT2D eigenvalue weighted by molar-refractivity contribution is -0.116. The van der Waals surface area contributed by atoms with Crippen LogP contribution in [0.15, 0.2) is 108 Å². The molecule has 0 unspecified atom stereocenters. The van der Waals surface area contributed by atoms with Crippen LogP contribution in [0.3, 0.4) is 0 Å². The number of hydrazone groups is 1. The molecule has 11 heteroatoms.